The topological polar surface area (TPSA) is 59.0 Å². The Morgan fingerprint density at radius 2 is 2.39 bits per heavy atom. The standard InChI is InChI=1S/C13H22N4O/c1-3-12(10-5-4-6-10)16-11-7-15-17(8-11)9-13(18)14-2/h7-8,10,12,16H,3-6,9H2,1-2H3,(H,14,18). The van der Waals surface area contributed by atoms with Crippen LogP contribution in [-0.2, 0) is 11.3 Å². The van der Waals surface area contributed by atoms with Crippen molar-refractivity contribution in [2.45, 2.75) is 45.2 Å². The lowest BCUT2D eigenvalue weighted by Gasteiger charge is -2.34. The minimum atomic E-state index is -0.0318. The molecule has 1 aliphatic carbocycles. The molecule has 1 atom stereocenters. The highest BCUT2D eigenvalue weighted by molar-refractivity contribution is 5.75. The van der Waals surface area contributed by atoms with Gasteiger partial charge in [-0.3, -0.25) is 9.48 Å². The van der Waals surface area contributed by atoms with Gasteiger partial charge in [0.2, 0.25) is 5.91 Å². The van der Waals surface area contributed by atoms with Crippen LogP contribution in [0.3, 0.4) is 0 Å². The Balaban J connectivity index is 1.90. The number of amides is 1. The number of rotatable bonds is 6. The number of aromatic nitrogens is 2. The number of likely N-dealkylation sites (N-methyl/N-ethyl adjacent to an activating group) is 1. The van der Waals surface area contributed by atoms with Crippen LogP contribution in [0.25, 0.3) is 0 Å². The van der Waals surface area contributed by atoms with Gasteiger partial charge in [0.1, 0.15) is 6.54 Å². The maximum Gasteiger partial charge on any atom is 0.241 e. The van der Waals surface area contributed by atoms with E-state index in [0.717, 1.165) is 18.0 Å². The largest absolute Gasteiger partial charge is 0.380 e. The Labute approximate surface area is 108 Å². The Kier molecular flexibility index (Phi) is 4.23. The average molecular weight is 250 g/mol. The molecule has 1 amide bonds. The third-order valence-corrected chi connectivity index (χ3v) is 3.73. The Hall–Kier alpha value is -1.52. The molecule has 1 aromatic heterocycles. The van der Waals surface area contributed by atoms with Crippen LogP contribution in [0.15, 0.2) is 12.4 Å². The second kappa shape index (κ2) is 5.89. The molecule has 1 aromatic rings. The van der Waals surface area contributed by atoms with E-state index in [1.54, 1.807) is 17.9 Å². The van der Waals surface area contributed by atoms with Crippen molar-refractivity contribution < 1.29 is 4.79 Å². The van der Waals surface area contributed by atoms with E-state index in [0.29, 0.717) is 6.04 Å². The second-order valence-electron chi connectivity index (χ2n) is 4.95. The Morgan fingerprint density at radius 3 is 2.94 bits per heavy atom. The fraction of sp³-hybridized carbons (Fsp3) is 0.692. The van der Waals surface area contributed by atoms with Gasteiger partial charge in [-0.25, -0.2) is 0 Å². The normalized spacial score (nSPS) is 17.0. The third-order valence-electron chi connectivity index (χ3n) is 3.73. The molecule has 1 unspecified atom stereocenters. The molecule has 100 valence electrons. The summed E-state index contributed by atoms with van der Waals surface area (Å²) < 4.78 is 1.66. The van der Waals surface area contributed by atoms with Crippen molar-refractivity contribution in [3.63, 3.8) is 0 Å². The zero-order chi connectivity index (χ0) is 13.0. The molecule has 2 N–H and O–H groups in total. The average Bonchev–Trinajstić information content (AvgIpc) is 2.73. The van der Waals surface area contributed by atoms with Crippen LogP contribution in [0.1, 0.15) is 32.6 Å². The van der Waals surface area contributed by atoms with E-state index in [1.807, 2.05) is 6.20 Å². The lowest BCUT2D eigenvalue weighted by Crippen LogP contribution is -2.32. The minimum Gasteiger partial charge on any atom is -0.380 e. The molecule has 5 heteroatoms. The van der Waals surface area contributed by atoms with Gasteiger partial charge >= 0.3 is 0 Å². The fourth-order valence-electron chi connectivity index (χ4n) is 2.36. The molecule has 0 spiro atoms. The Bertz CT molecular complexity index is 397. The zero-order valence-corrected chi connectivity index (χ0v) is 11.1. The van der Waals surface area contributed by atoms with E-state index in [1.165, 1.54) is 19.3 Å². The van der Waals surface area contributed by atoms with Crippen LogP contribution in [0, 0.1) is 5.92 Å². The van der Waals surface area contributed by atoms with E-state index >= 15 is 0 Å². The molecule has 0 saturated heterocycles. The van der Waals surface area contributed by atoms with Crippen LogP contribution in [-0.4, -0.2) is 28.8 Å². The molecule has 18 heavy (non-hydrogen) atoms. The number of anilines is 1. The summed E-state index contributed by atoms with van der Waals surface area (Å²) in [7, 11) is 1.63. The van der Waals surface area contributed by atoms with Gasteiger partial charge in [0.05, 0.1) is 11.9 Å². The van der Waals surface area contributed by atoms with Crippen LogP contribution >= 0.6 is 0 Å². The molecule has 0 aromatic carbocycles. The van der Waals surface area contributed by atoms with Gasteiger partial charge in [0.15, 0.2) is 0 Å². The summed E-state index contributed by atoms with van der Waals surface area (Å²) in [6, 6.07) is 0.538. The van der Waals surface area contributed by atoms with Crippen molar-refractivity contribution in [1.29, 1.82) is 0 Å². The van der Waals surface area contributed by atoms with E-state index in [-0.39, 0.29) is 12.5 Å². The van der Waals surface area contributed by atoms with Crippen LogP contribution in [0.4, 0.5) is 5.69 Å². The molecule has 0 radical (unpaired) electrons. The van der Waals surface area contributed by atoms with E-state index in [4.69, 9.17) is 0 Å². The van der Waals surface area contributed by atoms with Gasteiger partial charge in [-0.1, -0.05) is 13.3 Å². The number of carbonyl (C=O) groups is 1. The predicted octanol–water partition coefficient (Wildman–Crippen LogP) is 1.62. The minimum absolute atomic E-state index is 0.0318. The van der Waals surface area contributed by atoms with Crippen molar-refractivity contribution >= 4 is 11.6 Å². The van der Waals surface area contributed by atoms with Crippen molar-refractivity contribution in [3.8, 4) is 0 Å². The van der Waals surface area contributed by atoms with Gasteiger partial charge in [-0.05, 0) is 25.2 Å². The van der Waals surface area contributed by atoms with Gasteiger partial charge in [-0.15, -0.1) is 0 Å². The molecule has 0 bridgehead atoms. The molecule has 1 fully saturated rings. The van der Waals surface area contributed by atoms with Gasteiger partial charge < -0.3 is 10.6 Å². The number of carbonyl (C=O) groups excluding carboxylic acids is 1. The fourth-order valence-corrected chi connectivity index (χ4v) is 2.36. The maximum atomic E-state index is 11.2. The second-order valence-corrected chi connectivity index (χ2v) is 4.95. The van der Waals surface area contributed by atoms with Gasteiger partial charge in [-0.2, -0.15) is 5.10 Å². The monoisotopic (exact) mass is 250 g/mol. The first-order chi connectivity index (χ1) is 8.72. The predicted molar refractivity (Wildman–Crippen MR) is 71.3 cm³/mol. The summed E-state index contributed by atoms with van der Waals surface area (Å²) in [5.74, 6) is 0.771. The molecule has 1 heterocycles. The number of hydrogen-bond donors (Lipinski definition) is 2. The molecule has 2 rings (SSSR count). The van der Waals surface area contributed by atoms with Crippen LogP contribution in [0.5, 0.6) is 0 Å². The molecule has 0 aliphatic heterocycles. The lowest BCUT2D eigenvalue weighted by molar-refractivity contribution is -0.121. The first-order valence-corrected chi connectivity index (χ1v) is 6.72. The number of hydrogen-bond acceptors (Lipinski definition) is 3. The van der Waals surface area contributed by atoms with Crippen molar-refractivity contribution in [3.05, 3.63) is 12.4 Å². The highest BCUT2D eigenvalue weighted by Crippen LogP contribution is 2.32. The van der Waals surface area contributed by atoms with Crippen molar-refractivity contribution in [2.24, 2.45) is 5.92 Å². The molecule has 1 saturated carbocycles. The summed E-state index contributed by atoms with van der Waals surface area (Å²) in [5, 5.41) is 10.3. The van der Waals surface area contributed by atoms with Crippen molar-refractivity contribution in [1.82, 2.24) is 15.1 Å². The summed E-state index contributed by atoms with van der Waals surface area (Å²) >= 11 is 0. The molecule has 1 aliphatic rings. The summed E-state index contributed by atoms with van der Waals surface area (Å²) in [4.78, 5) is 11.2. The first-order valence-electron chi connectivity index (χ1n) is 6.72. The molecular formula is C13H22N4O. The van der Waals surface area contributed by atoms with Gasteiger partial charge in [0.25, 0.3) is 0 Å². The first kappa shape index (κ1) is 12.9. The highest BCUT2D eigenvalue weighted by Gasteiger charge is 2.25. The maximum absolute atomic E-state index is 11.2. The number of nitrogens with one attached hydrogen (secondary N) is 2. The van der Waals surface area contributed by atoms with Crippen molar-refractivity contribution in [2.75, 3.05) is 12.4 Å². The summed E-state index contributed by atoms with van der Waals surface area (Å²) in [5.41, 5.74) is 1.01. The molecular weight excluding hydrogens is 228 g/mol. The SMILES string of the molecule is CCC(Nc1cnn(CC(=O)NC)c1)C1CCC1. The third kappa shape index (κ3) is 3.03. The quantitative estimate of drug-likeness (QED) is 0.806. The van der Waals surface area contributed by atoms with E-state index in [2.05, 4.69) is 22.7 Å². The number of nitrogens with zero attached hydrogens (tertiary/aromatic N) is 2. The summed E-state index contributed by atoms with van der Waals surface area (Å²) in [6.45, 7) is 2.49. The van der Waals surface area contributed by atoms with Crippen LogP contribution in [0.2, 0.25) is 0 Å². The van der Waals surface area contributed by atoms with Gasteiger partial charge in [0, 0.05) is 19.3 Å². The lowest BCUT2D eigenvalue weighted by atomic mass is 9.79. The summed E-state index contributed by atoms with van der Waals surface area (Å²) in [6.07, 6.45) is 8.85. The van der Waals surface area contributed by atoms with E-state index in [9.17, 15) is 4.79 Å². The van der Waals surface area contributed by atoms with E-state index < -0.39 is 0 Å². The smallest absolute Gasteiger partial charge is 0.241 e. The Morgan fingerprint density at radius 1 is 1.61 bits per heavy atom. The zero-order valence-electron chi connectivity index (χ0n) is 11.1. The van der Waals surface area contributed by atoms with Crippen LogP contribution < -0.4 is 10.6 Å². The molecule has 5 nitrogen and oxygen atoms in total. The highest BCUT2D eigenvalue weighted by atomic mass is 16.1.